The van der Waals surface area contributed by atoms with Gasteiger partial charge in [0, 0.05) is 30.6 Å². The van der Waals surface area contributed by atoms with Gasteiger partial charge in [0.2, 0.25) is 5.91 Å². The first kappa shape index (κ1) is 26.8. The Morgan fingerprint density at radius 1 is 1.13 bits per heavy atom. The van der Waals surface area contributed by atoms with E-state index in [-0.39, 0.29) is 31.2 Å². The first-order chi connectivity index (χ1) is 18.4. The molecule has 0 bridgehead atoms. The molecule has 208 valence electrons. The largest absolute Gasteiger partial charge is 0.485 e. The third-order valence-corrected chi connectivity index (χ3v) is 6.96. The van der Waals surface area contributed by atoms with E-state index in [0.29, 0.717) is 15.9 Å². The van der Waals surface area contributed by atoms with Gasteiger partial charge in [-0.15, -0.1) is 0 Å². The molecule has 3 unspecified atom stereocenters. The number of rotatable bonds is 5. The number of fused-ring (bicyclic) bond motifs is 2. The van der Waals surface area contributed by atoms with Crippen LogP contribution in [0.15, 0.2) is 64.4 Å². The number of aliphatic hydroxyl groups excluding tert-OH is 1. The minimum atomic E-state index is -6.09. The zero-order valence-electron chi connectivity index (χ0n) is 19.9. The van der Waals surface area contributed by atoms with Crippen molar-refractivity contribution in [3.63, 3.8) is 0 Å². The van der Waals surface area contributed by atoms with Crippen molar-refractivity contribution in [3.05, 3.63) is 86.7 Å². The van der Waals surface area contributed by atoms with Crippen LogP contribution in [0.3, 0.4) is 0 Å². The number of alkyl halides is 5. The Hall–Kier alpha value is -3.78. The van der Waals surface area contributed by atoms with Crippen molar-refractivity contribution in [3.8, 4) is 5.75 Å². The van der Waals surface area contributed by atoms with Crippen molar-refractivity contribution < 1.29 is 41.3 Å². The molecule has 2 aliphatic heterocycles. The molecule has 1 aliphatic carbocycles. The molecule has 0 spiro atoms. The number of halogens is 5. The highest BCUT2D eigenvalue weighted by Crippen LogP contribution is 2.43. The molecule has 0 radical (unpaired) electrons. The summed E-state index contributed by atoms with van der Waals surface area (Å²) in [5.41, 5.74) is -4.54. The molecule has 6 atom stereocenters. The lowest BCUT2D eigenvalue weighted by molar-refractivity contribution is -0.290. The van der Waals surface area contributed by atoms with Crippen molar-refractivity contribution in [1.82, 2.24) is 14.9 Å². The van der Waals surface area contributed by atoms with Crippen LogP contribution in [0.5, 0.6) is 5.75 Å². The Bertz CT molecular complexity index is 1450. The molecule has 3 heterocycles. The van der Waals surface area contributed by atoms with E-state index in [9.17, 15) is 41.4 Å². The lowest BCUT2D eigenvalue weighted by Gasteiger charge is -2.37. The summed E-state index contributed by atoms with van der Waals surface area (Å²) in [6.45, 7) is -0.253. The number of aromatic amines is 1. The summed E-state index contributed by atoms with van der Waals surface area (Å²) in [6, 6.07) is 7.03. The number of allylic oxidation sites excluding steroid dienone is 2. The number of aromatic nitrogens is 2. The van der Waals surface area contributed by atoms with E-state index in [2.05, 4.69) is 5.32 Å². The first-order valence-electron chi connectivity index (χ1n) is 11.9. The van der Waals surface area contributed by atoms with Crippen LogP contribution < -0.4 is 21.3 Å². The molecule has 0 saturated carbocycles. The van der Waals surface area contributed by atoms with Crippen LogP contribution in [0.1, 0.15) is 29.7 Å². The summed E-state index contributed by atoms with van der Waals surface area (Å²) in [5.74, 6) is -6.38. The van der Waals surface area contributed by atoms with Gasteiger partial charge in [-0.25, -0.2) is 4.79 Å². The molecule has 2 aromatic rings. The Morgan fingerprint density at radius 3 is 2.59 bits per heavy atom. The monoisotopic (exact) mass is 555 g/mol. The third kappa shape index (κ3) is 4.78. The predicted octanol–water partition coefficient (Wildman–Crippen LogP) is 2.24. The number of carbonyl (C=O) groups is 1. The van der Waals surface area contributed by atoms with E-state index >= 15 is 0 Å². The number of benzene rings is 1. The average molecular weight is 555 g/mol. The Balaban J connectivity index is 1.33. The Morgan fingerprint density at radius 2 is 1.85 bits per heavy atom. The van der Waals surface area contributed by atoms with Gasteiger partial charge in [-0.05, 0) is 12.1 Å². The molecule has 9 nitrogen and oxygen atoms in total. The number of carbonyl (C=O) groups excluding carboxylic acids is 1. The number of aliphatic hydroxyl groups is 1. The summed E-state index contributed by atoms with van der Waals surface area (Å²) in [6.07, 6.45) is -3.40. The van der Waals surface area contributed by atoms with Gasteiger partial charge in [0.05, 0.1) is 12.0 Å². The molecule has 3 N–H and O–H groups in total. The van der Waals surface area contributed by atoms with Crippen molar-refractivity contribution in [2.45, 2.75) is 49.0 Å². The fraction of sp³-hybridized carbons (Fsp3) is 0.400. The molecule has 5 rings (SSSR count). The van der Waals surface area contributed by atoms with E-state index in [1.807, 2.05) is 18.2 Å². The predicted molar refractivity (Wildman–Crippen MR) is 124 cm³/mol. The van der Waals surface area contributed by atoms with Crippen molar-refractivity contribution in [2.75, 3.05) is 6.54 Å². The van der Waals surface area contributed by atoms with E-state index in [1.54, 1.807) is 30.3 Å². The smallest absolute Gasteiger partial charge is 0.458 e. The number of nitrogens with one attached hydrogen (secondary N) is 2. The minimum Gasteiger partial charge on any atom is -0.485 e. The van der Waals surface area contributed by atoms with Gasteiger partial charge in [-0.3, -0.25) is 19.1 Å². The van der Waals surface area contributed by atoms with E-state index in [0.717, 1.165) is 0 Å². The second-order valence-corrected chi connectivity index (χ2v) is 9.40. The van der Waals surface area contributed by atoms with Crippen LogP contribution in [-0.4, -0.2) is 51.6 Å². The van der Waals surface area contributed by atoms with E-state index in [4.69, 9.17) is 9.47 Å². The number of nitrogens with zero attached hydrogens (tertiary/aromatic N) is 1. The van der Waals surface area contributed by atoms with Gasteiger partial charge in [-0.2, -0.15) is 22.0 Å². The van der Waals surface area contributed by atoms with Gasteiger partial charge in [-0.1, -0.05) is 36.4 Å². The Labute approximate surface area is 216 Å². The van der Waals surface area contributed by atoms with E-state index < -0.39 is 59.2 Å². The highest BCUT2D eigenvalue weighted by molar-refractivity contribution is 5.85. The molecule has 3 aliphatic rings. The minimum absolute atomic E-state index is 0.0784. The van der Waals surface area contributed by atoms with Gasteiger partial charge in [0.15, 0.2) is 0 Å². The fourth-order valence-corrected chi connectivity index (χ4v) is 4.99. The first-order valence-corrected chi connectivity index (χ1v) is 11.9. The number of ether oxygens (including phenoxy) is 2. The standard InChI is InChI=1S/C25H22F5N3O6/c26-24(27,25(28,29)30)14-11-33(23(37)32-21(14)35)19-9-15(34)18(39-19)10-31-22(36)20-12-5-1-3-7-16(12)38-17-8-4-2-6-13(17)20/h1-8,11-12,15-16,18-20,34H,9-10H2,(H,31,36)(H,32,35,37)/t12?,15-,16?,18+,19+,20?/m0/s1. The molecule has 14 heteroatoms. The van der Waals surface area contributed by atoms with Crippen LogP contribution in [0.2, 0.25) is 0 Å². The molecule has 1 aromatic heterocycles. The van der Waals surface area contributed by atoms with Gasteiger partial charge in [0.1, 0.15) is 29.7 Å². The lowest BCUT2D eigenvalue weighted by atomic mass is 9.77. The summed E-state index contributed by atoms with van der Waals surface area (Å²) in [7, 11) is 0. The van der Waals surface area contributed by atoms with Crippen molar-refractivity contribution in [1.29, 1.82) is 0 Å². The number of hydrogen-bond acceptors (Lipinski definition) is 6. The zero-order chi connectivity index (χ0) is 28.1. The van der Waals surface area contributed by atoms with Crippen molar-refractivity contribution >= 4 is 5.91 Å². The number of amides is 1. The van der Waals surface area contributed by atoms with Crippen LogP contribution in [0, 0.1) is 5.92 Å². The van der Waals surface area contributed by atoms with Crippen LogP contribution in [0.4, 0.5) is 22.0 Å². The molecule has 1 saturated heterocycles. The maximum absolute atomic E-state index is 13.9. The highest BCUT2D eigenvalue weighted by Gasteiger charge is 2.60. The average Bonchev–Trinajstić information content (AvgIpc) is 3.24. The maximum atomic E-state index is 13.9. The fourth-order valence-electron chi connectivity index (χ4n) is 4.99. The summed E-state index contributed by atoms with van der Waals surface area (Å²) in [4.78, 5) is 38.7. The van der Waals surface area contributed by atoms with Gasteiger partial charge in [0.25, 0.3) is 5.56 Å². The molecule has 1 fully saturated rings. The molecular weight excluding hydrogens is 533 g/mol. The van der Waals surface area contributed by atoms with Crippen LogP contribution >= 0.6 is 0 Å². The van der Waals surface area contributed by atoms with Crippen LogP contribution in [0.25, 0.3) is 0 Å². The Kier molecular flexibility index (Phi) is 6.71. The van der Waals surface area contributed by atoms with Crippen molar-refractivity contribution in [2.24, 2.45) is 5.92 Å². The summed E-state index contributed by atoms with van der Waals surface area (Å²) >= 11 is 0. The van der Waals surface area contributed by atoms with Gasteiger partial charge >= 0.3 is 17.8 Å². The third-order valence-electron chi connectivity index (χ3n) is 6.96. The second-order valence-electron chi connectivity index (χ2n) is 9.40. The second kappa shape index (κ2) is 9.75. The topological polar surface area (TPSA) is 123 Å². The van der Waals surface area contributed by atoms with Crippen LogP contribution in [-0.2, 0) is 15.5 Å². The lowest BCUT2D eigenvalue weighted by Crippen LogP contribution is -2.45. The highest BCUT2D eigenvalue weighted by atomic mass is 19.4. The molecule has 1 amide bonds. The summed E-state index contributed by atoms with van der Waals surface area (Å²) in [5, 5.41) is 13.2. The number of H-pyrrole nitrogens is 1. The number of hydrogen-bond donors (Lipinski definition) is 3. The van der Waals surface area contributed by atoms with Gasteiger partial charge < -0.3 is 19.9 Å². The number of para-hydroxylation sites is 1. The zero-order valence-corrected chi connectivity index (χ0v) is 19.9. The summed E-state index contributed by atoms with van der Waals surface area (Å²) < 4.78 is 78.2. The molecular formula is C25H22F5N3O6. The molecule has 1 aromatic carbocycles. The normalized spacial score (nSPS) is 27.9. The maximum Gasteiger partial charge on any atom is 0.458 e. The van der Waals surface area contributed by atoms with E-state index in [1.165, 1.54) is 4.98 Å². The molecule has 39 heavy (non-hydrogen) atoms. The SMILES string of the molecule is O=C(NC[C@H]1O[C@@H](n2cc(C(F)(F)C(F)(F)F)c(=O)[nH]c2=O)C[C@@H]1O)C1c2ccccc2OC2C=CC=CC21. The quantitative estimate of drug-likeness (QED) is 0.487.